The van der Waals surface area contributed by atoms with Gasteiger partial charge in [0.1, 0.15) is 0 Å². The van der Waals surface area contributed by atoms with Crippen LogP contribution < -0.4 is 10.6 Å². The van der Waals surface area contributed by atoms with E-state index in [1.54, 1.807) is 18.4 Å². The van der Waals surface area contributed by atoms with Crippen molar-refractivity contribution in [2.75, 3.05) is 27.3 Å². The summed E-state index contributed by atoms with van der Waals surface area (Å²) in [5, 5.41) is 10.2. The number of hydrogen-bond donors (Lipinski definition) is 2. The van der Waals surface area contributed by atoms with Crippen LogP contribution in [0.4, 0.5) is 0 Å². The number of methoxy groups -OCH3 is 1. The second-order valence-electron chi connectivity index (χ2n) is 6.71. The minimum Gasteiger partial charge on any atom is -0.385 e. The first kappa shape index (κ1) is 18.2. The molecule has 1 aliphatic rings. The normalized spacial score (nSPS) is 17.2. The van der Waals surface area contributed by atoms with Crippen LogP contribution in [0.3, 0.4) is 0 Å². The fraction of sp³-hybridized carbons (Fsp3) is 0.765. The van der Waals surface area contributed by atoms with Gasteiger partial charge >= 0.3 is 0 Å². The molecule has 0 bridgehead atoms. The minimum absolute atomic E-state index is 0.388. The maximum atomic E-state index is 5.25. The number of guanidine groups is 1. The first-order valence-electron chi connectivity index (χ1n) is 8.46. The van der Waals surface area contributed by atoms with Crippen LogP contribution in [-0.4, -0.2) is 38.3 Å². The van der Waals surface area contributed by atoms with Crippen molar-refractivity contribution >= 4 is 17.3 Å². The van der Waals surface area contributed by atoms with Gasteiger partial charge in [0.25, 0.3) is 0 Å². The lowest BCUT2D eigenvalue weighted by molar-refractivity contribution is 0.0732. The van der Waals surface area contributed by atoms with Crippen molar-refractivity contribution in [2.24, 2.45) is 10.4 Å². The first-order chi connectivity index (χ1) is 11.1. The lowest BCUT2D eigenvalue weighted by atomic mass is 9.67. The van der Waals surface area contributed by atoms with Gasteiger partial charge in [0.2, 0.25) is 0 Å². The summed E-state index contributed by atoms with van der Waals surface area (Å²) in [6.07, 6.45) is 5.01. The third-order valence-electron chi connectivity index (χ3n) is 4.61. The molecule has 23 heavy (non-hydrogen) atoms. The van der Waals surface area contributed by atoms with Gasteiger partial charge in [0, 0.05) is 38.6 Å². The van der Waals surface area contributed by atoms with Gasteiger partial charge in [-0.1, -0.05) is 20.3 Å². The van der Waals surface area contributed by atoms with E-state index in [4.69, 9.17) is 4.74 Å². The highest BCUT2D eigenvalue weighted by Crippen LogP contribution is 2.43. The maximum absolute atomic E-state index is 5.25. The van der Waals surface area contributed by atoms with E-state index >= 15 is 0 Å². The minimum atomic E-state index is 0.388. The van der Waals surface area contributed by atoms with Crippen LogP contribution in [0.5, 0.6) is 0 Å². The molecule has 0 saturated heterocycles. The zero-order valence-electron chi connectivity index (χ0n) is 14.8. The van der Waals surface area contributed by atoms with Crippen molar-refractivity contribution < 1.29 is 4.74 Å². The second-order valence-corrected chi connectivity index (χ2v) is 7.60. The molecule has 1 saturated carbocycles. The highest BCUT2D eigenvalue weighted by atomic mass is 32.1. The van der Waals surface area contributed by atoms with Crippen LogP contribution in [0.25, 0.3) is 0 Å². The lowest BCUT2D eigenvalue weighted by Crippen LogP contribution is -2.46. The molecule has 1 fully saturated rings. The van der Waals surface area contributed by atoms with Crippen molar-refractivity contribution in [3.8, 4) is 0 Å². The highest BCUT2D eigenvalue weighted by molar-refractivity contribution is 7.09. The molecule has 6 heteroatoms. The van der Waals surface area contributed by atoms with Gasteiger partial charge in [0.15, 0.2) is 5.96 Å². The molecule has 0 aliphatic heterocycles. The number of aromatic nitrogens is 1. The number of ether oxygens (including phenoxy) is 1. The van der Waals surface area contributed by atoms with E-state index in [1.165, 1.54) is 24.3 Å². The Morgan fingerprint density at radius 1 is 1.43 bits per heavy atom. The summed E-state index contributed by atoms with van der Waals surface area (Å²) in [6.45, 7) is 6.87. The van der Waals surface area contributed by atoms with Gasteiger partial charge in [-0.2, -0.15) is 0 Å². The molecule has 1 aliphatic carbocycles. The fourth-order valence-corrected chi connectivity index (χ4v) is 3.68. The van der Waals surface area contributed by atoms with Crippen molar-refractivity contribution in [1.29, 1.82) is 0 Å². The molecule has 5 nitrogen and oxygen atoms in total. The third-order valence-corrected chi connectivity index (χ3v) is 5.80. The third kappa shape index (κ3) is 5.18. The molecule has 0 unspecified atom stereocenters. The standard InChI is InChI=1S/C17H30N4OS/c1-13(2)15-21-14(11-23-15)10-19-16(18-3)20-12-17(6-5-7-17)8-9-22-4/h11,13H,5-10,12H2,1-4H3,(H2,18,19,20). The molecule has 0 aromatic carbocycles. The monoisotopic (exact) mass is 338 g/mol. The molecule has 130 valence electrons. The number of hydrogen-bond acceptors (Lipinski definition) is 4. The number of nitrogens with zero attached hydrogens (tertiary/aromatic N) is 2. The molecule has 0 spiro atoms. The molecular formula is C17H30N4OS. The van der Waals surface area contributed by atoms with Gasteiger partial charge < -0.3 is 15.4 Å². The zero-order chi connectivity index (χ0) is 16.7. The molecule has 0 atom stereocenters. The van der Waals surface area contributed by atoms with E-state index in [0.29, 0.717) is 17.9 Å². The van der Waals surface area contributed by atoms with Crippen LogP contribution in [0, 0.1) is 5.41 Å². The van der Waals surface area contributed by atoms with Crippen molar-refractivity contribution in [2.45, 2.75) is 52.0 Å². The summed E-state index contributed by atoms with van der Waals surface area (Å²) in [4.78, 5) is 8.98. The number of rotatable bonds is 8. The molecule has 2 N–H and O–H groups in total. The largest absolute Gasteiger partial charge is 0.385 e. The van der Waals surface area contributed by atoms with Crippen molar-refractivity contribution in [3.05, 3.63) is 16.1 Å². The smallest absolute Gasteiger partial charge is 0.191 e. The predicted octanol–water partition coefficient (Wildman–Crippen LogP) is 3.14. The Hall–Kier alpha value is -1.14. The maximum Gasteiger partial charge on any atom is 0.191 e. The molecule has 0 radical (unpaired) electrons. The van der Waals surface area contributed by atoms with E-state index < -0.39 is 0 Å². The Morgan fingerprint density at radius 3 is 2.74 bits per heavy atom. The number of thiazole rings is 1. The quantitative estimate of drug-likeness (QED) is 0.565. The van der Waals surface area contributed by atoms with Crippen LogP contribution >= 0.6 is 11.3 Å². The Balaban J connectivity index is 1.78. The fourth-order valence-electron chi connectivity index (χ4n) is 2.85. The van der Waals surface area contributed by atoms with Gasteiger partial charge in [-0.3, -0.25) is 4.99 Å². The van der Waals surface area contributed by atoms with E-state index in [9.17, 15) is 0 Å². The van der Waals surface area contributed by atoms with E-state index in [0.717, 1.165) is 31.2 Å². The summed E-state index contributed by atoms with van der Waals surface area (Å²) in [5.41, 5.74) is 1.47. The SMILES string of the molecule is CN=C(NCc1csc(C(C)C)n1)NCC1(CCOC)CCC1. The zero-order valence-corrected chi connectivity index (χ0v) is 15.6. The van der Waals surface area contributed by atoms with E-state index in [1.807, 2.05) is 7.05 Å². The average molecular weight is 339 g/mol. The topological polar surface area (TPSA) is 58.5 Å². The molecule has 1 aromatic heterocycles. The Kier molecular flexibility index (Phi) is 6.84. The van der Waals surface area contributed by atoms with E-state index in [-0.39, 0.29) is 0 Å². The van der Waals surface area contributed by atoms with E-state index in [2.05, 4.69) is 39.8 Å². The Bertz CT molecular complexity index is 508. The van der Waals surface area contributed by atoms with Crippen molar-refractivity contribution in [3.63, 3.8) is 0 Å². The Morgan fingerprint density at radius 2 is 2.22 bits per heavy atom. The van der Waals surface area contributed by atoms with Gasteiger partial charge in [-0.05, 0) is 24.7 Å². The Labute approximate surface area is 144 Å². The number of aliphatic imine (C=N–C) groups is 1. The van der Waals surface area contributed by atoms with Crippen LogP contribution in [0.1, 0.15) is 56.2 Å². The van der Waals surface area contributed by atoms with Gasteiger partial charge in [-0.15, -0.1) is 11.3 Å². The molecule has 0 amide bonds. The summed E-state index contributed by atoms with van der Waals surface area (Å²) in [6, 6.07) is 0. The van der Waals surface area contributed by atoms with Gasteiger partial charge in [0.05, 0.1) is 17.2 Å². The number of nitrogens with one attached hydrogen (secondary N) is 2. The molecule has 1 heterocycles. The second kappa shape index (κ2) is 8.64. The van der Waals surface area contributed by atoms with Crippen LogP contribution in [-0.2, 0) is 11.3 Å². The first-order valence-corrected chi connectivity index (χ1v) is 9.34. The van der Waals surface area contributed by atoms with Crippen LogP contribution in [0.2, 0.25) is 0 Å². The van der Waals surface area contributed by atoms with Crippen LogP contribution in [0.15, 0.2) is 10.4 Å². The summed E-state index contributed by atoms with van der Waals surface area (Å²) in [5.74, 6) is 1.35. The predicted molar refractivity (Wildman–Crippen MR) is 97.2 cm³/mol. The molecule has 2 rings (SSSR count). The molecular weight excluding hydrogens is 308 g/mol. The summed E-state index contributed by atoms with van der Waals surface area (Å²) >= 11 is 1.73. The summed E-state index contributed by atoms with van der Waals surface area (Å²) in [7, 11) is 3.60. The molecule has 1 aromatic rings. The van der Waals surface area contributed by atoms with Crippen molar-refractivity contribution in [1.82, 2.24) is 15.6 Å². The highest BCUT2D eigenvalue weighted by Gasteiger charge is 2.36. The van der Waals surface area contributed by atoms with Gasteiger partial charge in [-0.25, -0.2) is 4.98 Å². The summed E-state index contributed by atoms with van der Waals surface area (Å²) < 4.78 is 5.25. The lowest BCUT2D eigenvalue weighted by Gasteiger charge is -2.42. The average Bonchev–Trinajstić information content (AvgIpc) is 2.98.